The molecule has 232 valence electrons. The zero-order valence-corrected chi connectivity index (χ0v) is 26.7. The molecule has 4 fully saturated rings. The summed E-state index contributed by atoms with van der Waals surface area (Å²) in [6.07, 6.45) is 13.6. The molecular formula is C33H56N4O4. The molecule has 4 saturated carbocycles. The standard InChI is InChI=1S/C33H56N4O4/c1-8-24-28-19-23(40-21(3)38)15-17-33(28,6)27-16-18-32(5)25(13-14-26(32)30(27)31(24)41-22(4)39)20(2)11-9-10-12-29-34-36-37(7)35-29/h20,23-28,30-31,37H,8-19H2,1-7H3,(H,34,35)/t20-,23-,24-,25?,26+,27+,28?,30+,31-,32?,33?/m1/s1. The van der Waals surface area contributed by atoms with Gasteiger partial charge in [-0.2, -0.15) is 0 Å². The van der Waals surface area contributed by atoms with Crippen LogP contribution >= 0.6 is 0 Å². The molecule has 8 heteroatoms. The Hall–Kier alpha value is -1.67. The van der Waals surface area contributed by atoms with E-state index in [0.29, 0.717) is 40.9 Å². The highest BCUT2D eigenvalue weighted by Gasteiger charge is 2.66. The summed E-state index contributed by atoms with van der Waals surface area (Å²) in [5, 5.41) is 5.30. The Morgan fingerprint density at radius 3 is 2.39 bits per heavy atom. The van der Waals surface area contributed by atoms with Crippen molar-refractivity contribution in [2.24, 2.45) is 57.4 Å². The molecule has 1 heterocycles. The molecule has 0 radical (unpaired) electrons. The fourth-order valence-electron chi connectivity index (χ4n) is 11.0. The maximum absolute atomic E-state index is 12.6. The smallest absolute Gasteiger partial charge is 0.302 e. The Kier molecular flexibility index (Phi) is 9.11. The van der Waals surface area contributed by atoms with Crippen LogP contribution < -0.4 is 10.5 Å². The lowest BCUT2D eigenvalue weighted by molar-refractivity contribution is -0.845. The molecular weight excluding hydrogens is 516 g/mol. The molecule has 2 N–H and O–H groups in total. The van der Waals surface area contributed by atoms with E-state index in [2.05, 4.69) is 43.8 Å². The van der Waals surface area contributed by atoms with Gasteiger partial charge < -0.3 is 20.4 Å². The number of quaternary nitrogens is 1. The van der Waals surface area contributed by atoms with Crippen molar-refractivity contribution in [3.05, 3.63) is 5.53 Å². The van der Waals surface area contributed by atoms with Crippen LogP contribution in [0.1, 0.15) is 119 Å². The number of ether oxygens (including phenoxy) is 2. The molecule has 8 nitrogen and oxygen atoms in total. The van der Waals surface area contributed by atoms with E-state index < -0.39 is 0 Å². The van der Waals surface area contributed by atoms with Gasteiger partial charge in [0.1, 0.15) is 18.0 Å². The Labute approximate surface area is 248 Å². The molecule has 4 aliphatic carbocycles. The number of nitrogens with zero attached hydrogens (tertiary/aromatic N) is 2. The van der Waals surface area contributed by atoms with Crippen molar-refractivity contribution < 1.29 is 24.2 Å². The number of unbranched alkanes of at least 4 members (excludes halogenated alkanes) is 1. The Morgan fingerprint density at radius 2 is 1.73 bits per heavy atom. The van der Waals surface area contributed by atoms with Crippen molar-refractivity contribution in [1.29, 1.82) is 0 Å². The Morgan fingerprint density at radius 1 is 1.02 bits per heavy atom. The molecule has 0 saturated heterocycles. The zero-order valence-electron chi connectivity index (χ0n) is 26.7. The van der Waals surface area contributed by atoms with Crippen molar-refractivity contribution in [3.63, 3.8) is 0 Å². The first-order valence-corrected chi connectivity index (χ1v) is 16.7. The van der Waals surface area contributed by atoms with Crippen LogP contribution in [-0.4, -0.2) is 37.0 Å². The molecule has 5 rings (SSSR count). The number of hydrogen-bond acceptors (Lipinski definition) is 6. The van der Waals surface area contributed by atoms with E-state index in [4.69, 9.17) is 9.47 Å². The van der Waals surface area contributed by atoms with Crippen LogP contribution in [0.2, 0.25) is 0 Å². The van der Waals surface area contributed by atoms with Crippen molar-refractivity contribution in [3.8, 4) is 0 Å². The van der Waals surface area contributed by atoms with Crippen molar-refractivity contribution >= 4 is 17.8 Å². The first-order chi connectivity index (χ1) is 19.5. The van der Waals surface area contributed by atoms with Crippen LogP contribution in [0, 0.1) is 52.3 Å². The maximum Gasteiger partial charge on any atom is 0.302 e. The summed E-state index contributed by atoms with van der Waals surface area (Å²) in [6.45, 7) is 13.0. The average molecular weight is 573 g/mol. The summed E-state index contributed by atoms with van der Waals surface area (Å²) in [5.74, 6) is 4.46. The molecule has 1 aliphatic heterocycles. The number of hydrogen-bond donors (Lipinski definition) is 2. The molecule has 0 aromatic heterocycles. The monoisotopic (exact) mass is 572 g/mol. The second kappa shape index (κ2) is 12.1. The van der Waals surface area contributed by atoms with Gasteiger partial charge in [-0.25, -0.2) is 0 Å². The van der Waals surface area contributed by atoms with Crippen LogP contribution in [-0.2, 0) is 19.1 Å². The highest BCUT2D eigenvalue weighted by molar-refractivity contribution is 5.82. The van der Waals surface area contributed by atoms with E-state index in [1.807, 2.05) is 7.05 Å². The predicted molar refractivity (Wildman–Crippen MR) is 159 cm³/mol. The summed E-state index contributed by atoms with van der Waals surface area (Å²) in [4.78, 5) is 24.4. The highest BCUT2D eigenvalue weighted by Crippen LogP contribution is 2.70. The minimum Gasteiger partial charge on any atom is -0.463 e. The van der Waals surface area contributed by atoms with Gasteiger partial charge in [0.05, 0.1) is 7.05 Å². The van der Waals surface area contributed by atoms with Gasteiger partial charge >= 0.3 is 11.9 Å². The molecule has 5 unspecified atom stereocenters. The quantitative estimate of drug-likeness (QED) is 0.278. The van der Waals surface area contributed by atoms with E-state index >= 15 is 0 Å². The summed E-state index contributed by atoms with van der Waals surface area (Å²) >= 11 is 0. The SMILES string of the molecule is CC[C@@H]1C2C[C@H](OC(C)=O)CCC2(C)[C@H]2CCC3(C)C([C@H](C)CCCCC4=N[NH+](C)[N-]N4)CC[C@H]3[C@@H]2[C@@H]1OC(C)=O. The lowest BCUT2D eigenvalue weighted by Crippen LogP contribution is -2.98. The fourth-order valence-corrected chi connectivity index (χ4v) is 11.0. The maximum atomic E-state index is 12.6. The highest BCUT2D eigenvalue weighted by atomic mass is 16.5. The lowest BCUT2D eigenvalue weighted by Gasteiger charge is -2.65. The topological polar surface area (TPSA) is 95.5 Å². The van der Waals surface area contributed by atoms with Gasteiger partial charge in [-0.1, -0.05) is 45.6 Å². The third kappa shape index (κ3) is 5.81. The van der Waals surface area contributed by atoms with Crippen LogP contribution in [0.3, 0.4) is 0 Å². The summed E-state index contributed by atoms with van der Waals surface area (Å²) < 4.78 is 12.2. The lowest BCUT2D eigenvalue weighted by atomic mass is 9.41. The molecule has 0 spiro atoms. The first-order valence-electron chi connectivity index (χ1n) is 16.7. The normalized spacial score (nSPS) is 44.1. The molecule has 0 aromatic rings. The van der Waals surface area contributed by atoms with E-state index in [0.717, 1.165) is 55.4 Å². The number of nitrogens with one attached hydrogen (secondary N) is 2. The molecule has 12 atom stereocenters. The third-order valence-corrected chi connectivity index (χ3v) is 12.7. The van der Waals surface area contributed by atoms with Gasteiger partial charge in [0.2, 0.25) is 0 Å². The fraction of sp³-hybridized carbons (Fsp3) is 0.909. The van der Waals surface area contributed by atoms with Gasteiger partial charge in [-0.15, -0.1) is 0 Å². The average Bonchev–Trinajstić information content (AvgIpc) is 3.49. The second-order valence-electron chi connectivity index (χ2n) is 14.8. The number of rotatable bonds is 9. The molecule has 41 heavy (non-hydrogen) atoms. The number of esters is 2. The van der Waals surface area contributed by atoms with Crippen LogP contribution in [0.25, 0.3) is 5.53 Å². The van der Waals surface area contributed by atoms with E-state index in [9.17, 15) is 9.59 Å². The molecule has 0 bridgehead atoms. The minimum absolute atomic E-state index is 0.00667. The van der Waals surface area contributed by atoms with Crippen LogP contribution in [0.15, 0.2) is 5.10 Å². The van der Waals surface area contributed by atoms with Crippen LogP contribution in [0.5, 0.6) is 0 Å². The summed E-state index contributed by atoms with van der Waals surface area (Å²) in [5.41, 5.74) is 7.75. The van der Waals surface area contributed by atoms with E-state index in [1.165, 1.54) is 45.4 Å². The summed E-state index contributed by atoms with van der Waals surface area (Å²) in [6, 6.07) is 0. The van der Waals surface area contributed by atoms with E-state index in [-0.39, 0.29) is 29.6 Å². The zero-order chi connectivity index (χ0) is 29.5. The summed E-state index contributed by atoms with van der Waals surface area (Å²) in [7, 11) is 1.93. The number of amidine groups is 1. The third-order valence-electron chi connectivity index (χ3n) is 12.7. The second-order valence-corrected chi connectivity index (χ2v) is 14.8. The number of carbonyl (C=O) groups is 2. The van der Waals surface area contributed by atoms with Gasteiger partial charge in [0.15, 0.2) is 0 Å². The van der Waals surface area contributed by atoms with Crippen LogP contribution in [0.4, 0.5) is 0 Å². The number of fused-ring (bicyclic) bond motifs is 5. The van der Waals surface area contributed by atoms with Gasteiger partial charge in [0, 0.05) is 26.2 Å². The molecule has 0 amide bonds. The predicted octanol–water partition coefficient (Wildman–Crippen LogP) is 5.59. The van der Waals surface area contributed by atoms with Gasteiger partial charge in [-0.3, -0.25) is 14.7 Å². The largest absolute Gasteiger partial charge is 0.463 e. The Balaban J connectivity index is 1.33. The van der Waals surface area contributed by atoms with Gasteiger partial charge in [0.25, 0.3) is 0 Å². The first kappa shape index (κ1) is 30.8. The van der Waals surface area contributed by atoms with Crippen molar-refractivity contribution in [2.45, 2.75) is 131 Å². The Bertz CT molecular complexity index is 1000. The van der Waals surface area contributed by atoms with E-state index in [1.54, 1.807) is 6.92 Å². The molecule has 0 aromatic carbocycles. The minimum atomic E-state index is -0.176. The number of carbonyl (C=O) groups excluding carboxylic acids is 2. The van der Waals surface area contributed by atoms with Crippen molar-refractivity contribution in [1.82, 2.24) is 5.43 Å². The van der Waals surface area contributed by atoms with Crippen molar-refractivity contribution in [2.75, 3.05) is 7.05 Å². The van der Waals surface area contributed by atoms with Gasteiger partial charge in [-0.05, 0) is 104 Å². The molecule has 5 aliphatic rings.